The molecule has 1 amide bonds. The number of hydrogen-bond acceptors (Lipinski definition) is 6. The van der Waals surface area contributed by atoms with Crippen LogP contribution in [0.3, 0.4) is 0 Å². The molecule has 0 bridgehead atoms. The Labute approximate surface area is 165 Å². The van der Waals surface area contributed by atoms with Crippen molar-refractivity contribution in [3.63, 3.8) is 0 Å². The first-order valence-corrected chi connectivity index (χ1v) is 10.3. The van der Waals surface area contributed by atoms with Crippen molar-refractivity contribution in [1.82, 2.24) is 15.5 Å². The van der Waals surface area contributed by atoms with Crippen LogP contribution >= 0.6 is 46.3 Å². The largest absolute Gasteiger partial charge is 0.360 e. The number of aromatic nitrogens is 2. The van der Waals surface area contributed by atoms with Gasteiger partial charge in [0.05, 0.1) is 11.3 Å². The molecule has 0 saturated heterocycles. The van der Waals surface area contributed by atoms with Crippen LogP contribution in [-0.4, -0.2) is 27.9 Å². The van der Waals surface area contributed by atoms with Gasteiger partial charge < -0.3 is 10.6 Å². The third kappa shape index (κ3) is 6.02. The normalized spacial score (nSPS) is 13.3. The molecule has 0 saturated carbocycles. The average molecular weight is 419 g/mol. The molecule has 0 radical (unpaired) electrons. The summed E-state index contributed by atoms with van der Waals surface area (Å²) in [5.74, 6) is -0.0817. The Morgan fingerprint density at radius 2 is 2.08 bits per heavy atom. The third-order valence-electron chi connectivity index (χ3n) is 3.37. The van der Waals surface area contributed by atoms with Crippen LogP contribution in [0.15, 0.2) is 22.5 Å². The fraction of sp³-hybridized carbons (Fsp3) is 0.438. The molecule has 2 atom stereocenters. The molecule has 0 spiro atoms. The summed E-state index contributed by atoms with van der Waals surface area (Å²) in [4.78, 5) is 12.4. The highest BCUT2D eigenvalue weighted by molar-refractivity contribution is 8.02. The van der Waals surface area contributed by atoms with E-state index in [2.05, 4.69) is 27.8 Å². The molecule has 25 heavy (non-hydrogen) atoms. The number of hydrogen-bond donors (Lipinski definition) is 2. The molecule has 0 aliphatic carbocycles. The summed E-state index contributed by atoms with van der Waals surface area (Å²) in [6.07, 6.45) is 1.02. The van der Waals surface area contributed by atoms with E-state index in [4.69, 9.17) is 23.2 Å². The monoisotopic (exact) mass is 418 g/mol. The maximum atomic E-state index is 12.4. The number of halogens is 2. The van der Waals surface area contributed by atoms with Gasteiger partial charge in [-0.05, 0) is 38.0 Å². The van der Waals surface area contributed by atoms with Crippen molar-refractivity contribution < 1.29 is 4.79 Å². The van der Waals surface area contributed by atoms with Gasteiger partial charge >= 0.3 is 0 Å². The fourth-order valence-electron chi connectivity index (χ4n) is 2.03. The lowest BCUT2D eigenvalue weighted by molar-refractivity contribution is -0.120. The minimum Gasteiger partial charge on any atom is -0.360 e. The second-order valence-electron chi connectivity index (χ2n) is 5.46. The van der Waals surface area contributed by atoms with E-state index in [1.54, 1.807) is 12.1 Å². The Balaban J connectivity index is 1.92. The van der Waals surface area contributed by atoms with Crippen molar-refractivity contribution in [3.05, 3.63) is 33.8 Å². The van der Waals surface area contributed by atoms with Crippen molar-refractivity contribution in [2.45, 2.75) is 42.8 Å². The van der Waals surface area contributed by atoms with Gasteiger partial charge in [0.2, 0.25) is 11.0 Å². The number of nitrogens with zero attached hydrogens (tertiary/aromatic N) is 2. The molecule has 2 aromatic rings. The van der Waals surface area contributed by atoms with E-state index in [1.807, 2.05) is 19.9 Å². The van der Waals surface area contributed by atoms with Crippen LogP contribution in [0.2, 0.25) is 10.0 Å². The van der Waals surface area contributed by atoms with Crippen LogP contribution in [0.1, 0.15) is 38.8 Å². The second kappa shape index (κ2) is 9.62. The Morgan fingerprint density at radius 1 is 1.32 bits per heavy atom. The molecule has 0 unspecified atom stereocenters. The van der Waals surface area contributed by atoms with Gasteiger partial charge in [0.25, 0.3) is 0 Å². The summed E-state index contributed by atoms with van der Waals surface area (Å²) in [5, 5.41) is 15.9. The number of carbonyl (C=O) groups excluding carboxylic acids is 1. The second-order valence-corrected chi connectivity index (χ2v) is 8.87. The van der Waals surface area contributed by atoms with E-state index in [1.165, 1.54) is 23.1 Å². The smallest absolute Gasteiger partial charge is 0.233 e. The first-order valence-electron chi connectivity index (χ1n) is 7.90. The number of nitrogens with one attached hydrogen (secondary N) is 2. The molecule has 5 nitrogen and oxygen atoms in total. The molecule has 2 rings (SSSR count). The highest BCUT2D eigenvalue weighted by atomic mass is 35.5. The number of thioether (sulfide) groups is 1. The van der Waals surface area contributed by atoms with Gasteiger partial charge in [-0.1, -0.05) is 59.3 Å². The van der Waals surface area contributed by atoms with Crippen LogP contribution in [0.5, 0.6) is 0 Å². The highest BCUT2D eigenvalue weighted by Crippen LogP contribution is 2.30. The van der Waals surface area contributed by atoms with Crippen molar-refractivity contribution in [2.24, 2.45) is 0 Å². The Kier molecular flexibility index (Phi) is 7.81. The van der Waals surface area contributed by atoms with Gasteiger partial charge in [0.1, 0.15) is 0 Å². The molecular weight excluding hydrogens is 399 g/mol. The summed E-state index contributed by atoms with van der Waals surface area (Å²) in [6.45, 7) is 6.68. The standard InChI is InChI=1S/C16H20Cl2N4OS2/c1-4-7-19-15-21-22-16(25-15)24-10(3)14(23)20-9(2)12-6-5-11(17)8-13(12)18/h5-6,8-10H,4,7H2,1-3H3,(H,19,21)(H,20,23)/t9-,10-/m0/s1. The maximum absolute atomic E-state index is 12.4. The van der Waals surface area contributed by atoms with Crippen molar-refractivity contribution in [2.75, 3.05) is 11.9 Å². The molecule has 1 aromatic carbocycles. The van der Waals surface area contributed by atoms with Crippen molar-refractivity contribution in [1.29, 1.82) is 0 Å². The summed E-state index contributed by atoms with van der Waals surface area (Å²) in [7, 11) is 0. The first-order chi connectivity index (χ1) is 11.9. The third-order valence-corrected chi connectivity index (χ3v) is 5.99. The van der Waals surface area contributed by atoms with Crippen molar-refractivity contribution >= 4 is 57.3 Å². The molecule has 9 heteroatoms. The number of anilines is 1. The number of rotatable bonds is 8. The first kappa shape index (κ1) is 20.3. The SMILES string of the molecule is CCCNc1nnc(S[C@@H](C)C(=O)N[C@@H](C)c2ccc(Cl)cc2Cl)s1. The topological polar surface area (TPSA) is 66.9 Å². The number of amides is 1. The van der Waals surface area contributed by atoms with Gasteiger partial charge in [-0.3, -0.25) is 4.79 Å². The molecule has 1 aromatic heterocycles. The van der Waals surface area contributed by atoms with E-state index in [0.29, 0.717) is 10.0 Å². The number of benzene rings is 1. The Hall–Kier alpha value is -1.02. The van der Waals surface area contributed by atoms with Gasteiger partial charge in [0.15, 0.2) is 4.34 Å². The number of carbonyl (C=O) groups is 1. The van der Waals surface area contributed by atoms with Crippen LogP contribution in [0.25, 0.3) is 0 Å². The Morgan fingerprint density at radius 3 is 2.76 bits per heavy atom. The predicted octanol–water partition coefficient (Wildman–Crippen LogP) is 5.02. The summed E-state index contributed by atoms with van der Waals surface area (Å²) >= 11 is 14.9. The average Bonchev–Trinajstić information content (AvgIpc) is 3.00. The van der Waals surface area contributed by atoms with E-state index in [0.717, 1.165) is 28.0 Å². The minimum absolute atomic E-state index is 0.0817. The lowest BCUT2D eigenvalue weighted by Gasteiger charge is -2.18. The minimum atomic E-state index is -0.291. The van der Waals surface area contributed by atoms with Gasteiger partial charge in [0, 0.05) is 16.6 Å². The molecule has 2 N–H and O–H groups in total. The lowest BCUT2D eigenvalue weighted by atomic mass is 10.1. The summed E-state index contributed by atoms with van der Waals surface area (Å²) < 4.78 is 0.762. The molecule has 0 aliphatic heterocycles. The van der Waals surface area contributed by atoms with Gasteiger partial charge in [-0.2, -0.15) is 0 Å². The van der Waals surface area contributed by atoms with E-state index < -0.39 is 0 Å². The zero-order valence-corrected chi connectivity index (χ0v) is 17.3. The maximum Gasteiger partial charge on any atom is 0.233 e. The fourth-order valence-corrected chi connectivity index (χ4v) is 4.53. The van der Waals surface area contributed by atoms with Crippen LogP contribution in [0, 0.1) is 0 Å². The zero-order valence-electron chi connectivity index (χ0n) is 14.2. The molecule has 136 valence electrons. The van der Waals surface area contributed by atoms with Crippen molar-refractivity contribution in [3.8, 4) is 0 Å². The van der Waals surface area contributed by atoms with Crippen LogP contribution in [-0.2, 0) is 4.79 Å². The summed E-state index contributed by atoms with van der Waals surface area (Å²) in [6, 6.07) is 5.04. The molecular formula is C16H20Cl2N4OS2. The van der Waals surface area contributed by atoms with E-state index >= 15 is 0 Å². The van der Waals surface area contributed by atoms with Crippen LogP contribution in [0.4, 0.5) is 5.13 Å². The van der Waals surface area contributed by atoms with Crippen LogP contribution < -0.4 is 10.6 Å². The molecule has 1 heterocycles. The van der Waals surface area contributed by atoms with E-state index in [9.17, 15) is 4.79 Å². The summed E-state index contributed by atoms with van der Waals surface area (Å²) in [5.41, 5.74) is 0.832. The highest BCUT2D eigenvalue weighted by Gasteiger charge is 2.20. The van der Waals surface area contributed by atoms with Gasteiger partial charge in [-0.25, -0.2) is 0 Å². The molecule has 0 fully saturated rings. The lowest BCUT2D eigenvalue weighted by Crippen LogP contribution is -2.33. The zero-order chi connectivity index (χ0) is 18.4. The molecule has 0 aliphatic rings. The Bertz CT molecular complexity index is 726. The van der Waals surface area contributed by atoms with Gasteiger partial charge in [-0.15, -0.1) is 10.2 Å². The van der Waals surface area contributed by atoms with E-state index in [-0.39, 0.29) is 17.2 Å². The predicted molar refractivity (Wildman–Crippen MR) is 107 cm³/mol. The quantitative estimate of drug-likeness (QED) is 0.588.